The summed E-state index contributed by atoms with van der Waals surface area (Å²) in [5.74, 6) is -1.29. The van der Waals surface area contributed by atoms with Crippen LogP contribution in [0, 0.1) is 0 Å². The lowest BCUT2D eigenvalue weighted by Gasteiger charge is -2.12. The summed E-state index contributed by atoms with van der Waals surface area (Å²) in [7, 11) is 0. The zero-order chi connectivity index (χ0) is 16.2. The van der Waals surface area contributed by atoms with Gasteiger partial charge in [0.1, 0.15) is 6.10 Å². The molecular weight excluding hydrogens is 298 g/mol. The van der Waals surface area contributed by atoms with Crippen molar-refractivity contribution in [1.29, 1.82) is 0 Å². The number of nitrogens with one attached hydrogen (secondary N) is 1. The normalized spacial score (nSPS) is 20.3. The van der Waals surface area contributed by atoms with E-state index >= 15 is 0 Å². The number of carbonyl (C=O) groups excluding carboxylic acids is 1. The van der Waals surface area contributed by atoms with Crippen molar-refractivity contribution in [3.63, 3.8) is 0 Å². The number of nitrogens with zero attached hydrogens (tertiary/aromatic N) is 2. The summed E-state index contributed by atoms with van der Waals surface area (Å²) in [6, 6.07) is 9.50. The SMILES string of the molecule is O=C(NCc1ccc(-n2cccn2)cc1)[C@@H]1CC[C@H](C(=O)O)O1. The highest BCUT2D eigenvalue weighted by Crippen LogP contribution is 2.20. The summed E-state index contributed by atoms with van der Waals surface area (Å²) in [6.07, 6.45) is 2.80. The van der Waals surface area contributed by atoms with Gasteiger partial charge in [-0.05, 0) is 36.6 Å². The van der Waals surface area contributed by atoms with Gasteiger partial charge in [-0.25, -0.2) is 9.48 Å². The molecule has 1 saturated heterocycles. The number of rotatable bonds is 5. The van der Waals surface area contributed by atoms with E-state index in [-0.39, 0.29) is 5.91 Å². The minimum atomic E-state index is -1.02. The van der Waals surface area contributed by atoms with Gasteiger partial charge in [-0.2, -0.15) is 5.10 Å². The standard InChI is InChI=1S/C16H17N3O4/c20-15(13-6-7-14(23-13)16(21)22)17-10-11-2-4-12(5-3-11)19-9-1-8-18-19/h1-5,8-9,13-14H,6-7,10H2,(H,17,20)(H,21,22)/t13-,14+/m0/s1. The van der Waals surface area contributed by atoms with Gasteiger partial charge >= 0.3 is 5.97 Å². The van der Waals surface area contributed by atoms with E-state index < -0.39 is 18.2 Å². The number of aliphatic carboxylic acids is 1. The van der Waals surface area contributed by atoms with E-state index in [1.807, 2.05) is 36.5 Å². The summed E-state index contributed by atoms with van der Waals surface area (Å²) in [5, 5.41) is 15.8. The van der Waals surface area contributed by atoms with Crippen LogP contribution in [0.4, 0.5) is 0 Å². The third kappa shape index (κ3) is 3.57. The molecule has 0 saturated carbocycles. The molecule has 2 heterocycles. The molecule has 1 amide bonds. The second-order valence-electron chi connectivity index (χ2n) is 5.36. The van der Waals surface area contributed by atoms with E-state index in [0.29, 0.717) is 19.4 Å². The van der Waals surface area contributed by atoms with Crippen LogP contribution in [0.2, 0.25) is 0 Å². The molecule has 1 aliphatic rings. The molecule has 0 bridgehead atoms. The maximum atomic E-state index is 12.0. The van der Waals surface area contributed by atoms with Crippen molar-refractivity contribution in [3.05, 3.63) is 48.3 Å². The molecule has 120 valence electrons. The molecule has 0 unspecified atom stereocenters. The number of benzene rings is 1. The average Bonchev–Trinajstić information content (AvgIpc) is 3.24. The first-order chi connectivity index (χ1) is 11.1. The van der Waals surface area contributed by atoms with E-state index in [0.717, 1.165) is 11.3 Å². The molecule has 3 rings (SSSR count). The van der Waals surface area contributed by atoms with Gasteiger partial charge in [0.15, 0.2) is 6.10 Å². The van der Waals surface area contributed by atoms with Gasteiger partial charge in [-0.3, -0.25) is 4.79 Å². The predicted octanol–water partition coefficient (Wildman–Crippen LogP) is 1.12. The first kappa shape index (κ1) is 15.2. The molecule has 0 spiro atoms. The maximum Gasteiger partial charge on any atom is 0.332 e. The molecular formula is C16H17N3O4. The molecule has 0 aliphatic carbocycles. The van der Waals surface area contributed by atoms with Gasteiger partial charge in [-0.1, -0.05) is 12.1 Å². The average molecular weight is 315 g/mol. The minimum absolute atomic E-state index is 0.273. The lowest BCUT2D eigenvalue weighted by atomic mass is 10.1. The fourth-order valence-electron chi connectivity index (χ4n) is 2.50. The zero-order valence-corrected chi connectivity index (χ0v) is 12.4. The third-order valence-electron chi connectivity index (χ3n) is 3.76. The van der Waals surface area contributed by atoms with E-state index in [4.69, 9.17) is 9.84 Å². The molecule has 1 aromatic heterocycles. The lowest BCUT2D eigenvalue weighted by molar-refractivity contribution is -0.151. The van der Waals surface area contributed by atoms with Crippen LogP contribution >= 0.6 is 0 Å². The Hall–Kier alpha value is -2.67. The zero-order valence-electron chi connectivity index (χ0n) is 12.4. The number of carboxylic acids is 1. The van der Waals surface area contributed by atoms with Crippen LogP contribution in [0.15, 0.2) is 42.7 Å². The highest BCUT2D eigenvalue weighted by molar-refractivity contribution is 5.82. The van der Waals surface area contributed by atoms with E-state index in [1.165, 1.54) is 0 Å². The van der Waals surface area contributed by atoms with Gasteiger partial charge in [-0.15, -0.1) is 0 Å². The van der Waals surface area contributed by atoms with E-state index in [2.05, 4.69) is 10.4 Å². The van der Waals surface area contributed by atoms with Crippen molar-refractivity contribution >= 4 is 11.9 Å². The monoisotopic (exact) mass is 315 g/mol. The number of hydrogen-bond donors (Lipinski definition) is 2. The highest BCUT2D eigenvalue weighted by Gasteiger charge is 2.34. The number of carbonyl (C=O) groups is 2. The molecule has 2 N–H and O–H groups in total. The largest absolute Gasteiger partial charge is 0.479 e. The number of aromatic nitrogens is 2. The van der Waals surface area contributed by atoms with Gasteiger partial charge in [0, 0.05) is 18.9 Å². The van der Waals surface area contributed by atoms with Crippen LogP contribution in [-0.2, 0) is 20.9 Å². The second-order valence-corrected chi connectivity index (χ2v) is 5.36. The van der Waals surface area contributed by atoms with Crippen LogP contribution in [0.3, 0.4) is 0 Å². The number of hydrogen-bond acceptors (Lipinski definition) is 4. The van der Waals surface area contributed by atoms with Crippen molar-refractivity contribution < 1.29 is 19.4 Å². The number of carboxylic acid groups (broad SMARTS) is 1. The molecule has 2 atom stereocenters. The smallest absolute Gasteiger partial charge is 0.332 e. The summed E-state index contributed by atoms with van der Waals surface area (Å²) in [6.45, 7) is 0.371. The number of amides is 1. The van der Waals surface area contributed by atoms with Crippen LogP contribution < -0.4 is 5.32 Å². The van der Waals surface area contributed by atoms with Crippen molar-refractivity contribution in [3.8, 4) is 5.69 Å². The Morgan fingerprint density at radius 1 is 1.26 bits per heavy atom. The Morgan fingerprint density at radius 2 is 2.00 bits per heavy atom. The van der Waals surface area contributed by atoms with E-state index in [9.17, 15) is 9.59 Å². The van der Waals surface area contributed by atoms with Gasteiger partial charge in [0.05, 0.1) is 5.69 Å². The van der Waals surface area contributed by atoms with Crippen molar-refractivity contribution in [2.45, 2.75) is 31.6 Å². The number of ether oxygens (including phenoxy) is 1. The van der Waals surface area contributed by atoms with Crippen LogP contribution in [0.25, 0.3) is 5.69 Å². The first-order valence-corrected chi connectivity index (χ1v) is 7.38. The summed E-state index contributed by atoms with van der Waals surface area (Å²) >= 11 is 0. The summed E-state index contributed by atoms with van der Waals surface area (Å²) < 4.78 is 6.97. The Morgan fingerprint density at radius 3 is 2.61 bits per heavy atom. The lowest BCUT2D eigenvalue weighted by Crippen LogP contribution is -2.35. The Bertz CT molecular complexity index is 682. The van der Waals surface area contributed by atoms with Gasteiger partial charge in [0.2, 0.25) is 5.91 Å². The molecule has 2 aromatic rings. The molecule has 1 aromatic carbocycles. The Balaban J connectivity index is 1.52. The van der Waals surface area contributed by atoms with Crippen molar-refractivity contribution in [1.82, 2.24) is 15.1 Å². The third-order valence-corrected chi connectivity index (χ3v) is 3.76. The van der Waals surface area contributed by atoms with Gasteiger partial charge in [0.25, 0.3) is 0 Å². The first-order valence-electron chi connectivity index (χ1n) is 7.38. The molecule has 7 heteroatoms. The second kappa shape index (κ2) is 6.62. The van der Waals surface area contributed by atoms with Gasteiger partial charge < -0.3 is 15.2 Å². The summed E-state index contributed by atoms with van der Waals surface area (Å²) in [4.78, 5) is 22.8. The maximum absolute atomic E-state index is 12.0. The quantitative estimate of drug-likeness (QED) is 0.862. The van der Waals surface area contributed by atoms with Crippen LogP contribution in [0.5, 0.6) is 0 Å². The molecule has 1 fully saturated rings. The molecule has 0 radical (unpaired) electrons. The van der Waals surface area contributed by atoms with E-state index in [1.54, 1.807) is 10.9 Å². The fourth-order valence-corrected chi connectivity index (χ4v) is 2.50. The minimum Gasteiger partial charge on any atom is -0.479 e. The molecule has 1 aliphatic heterocycles. The van der Waals surface area contributed by atoms with Crippen LogP contribution in [0.1, 0.15) is 18.4 Å². The molecule has 23 heavy (non-hydrogen) atoms. The highest BCUT2D eigenvalue weighted by atomic mass is 16.5. The summed E-state index contributed by atoms with van der Waals surface area (Å²) in [5.41, 5.74) is 1.88. The van der Waals surface area contributed by atoms with Crippen molar-refractivity contribution in [2.75, 3.05) is 0 Å². The van der Waals surface area contributed by atoms with Crippen molar-refractivity contribution in [2.24, 2.45) is 0 Å². The Labute approximate surface area is 132 Å². The van der Waals surface area contributed by atoms with Crippen LogP contribution in [-0.4, -0.2) is 39.0 Å². The predicted molar refractivity (Wildman–Crippen MR) is 80.9 cm³/mol. The topological polar surface area (TPSA) is 93.5 Å². The Kier molecular flexibility index (Phi) is 4.38. The molecule has 7 nitrogen and oxygen atoms in total. The fraction of sp³-hybridized carbons (Fsp3) is 0.312.